The molecule has 0 saturated carbocycles. The van der Waals surface area contributed by atoms with Crippen molar-refractivity contribution in [1.29, 1.82) is 0 Å². The number of aromatic nitrogens is 1. The molecule has 2 aromatic rings. The molecule has 0 radical (unpaired) electrons. The predicted octanol–water partition coefficient (Wildman–Crippen LogP) is 6.99. The molecule has 0 aliphatic carbocycles. The van der Waals surface area contributed by atoms with Gasteiger partial charge in [0, 0.05) is 0 Å². The second-order valence-corrected chi connectivity index (χ2v) is 21.8. The quantitative estimate of drug-likeness (QED) is 0.315. The topological polar surface area (TPSA) is 22.1 Å². The third kappa shape index (κ3) is 6.28. The molecule has 0 aliphatic heterocycles. The van der Waals surface area contributed by atoms with E-state index in [0.29, 0.717) is 0 Å². The van der Waals surface area contributed by atoms with E-state index in [1.165, 1.54) is 54.9 Å². The van der Waals surface area contributed by atoms with Gasteiger partial charge in [0.1, 0.15) is 0 Å². The Morgan fingerprint density at radius 1 is 0.880 bits per heavy atom. The Balaban J connectivity index is 2.22. The Hall–Kier alpha value is -0.551. The van der Waals surface area contributed by atoms with Crippen LogP contribution in [0.15, 0.2) is 35.7 Å². The van der Waals surface area contributed by atoms with Crippen molar-refractivity contribution in [3.05, 3.63) is 35.7 Å². The van der Waals surface area contributed by atoms with E-state index in [9.17, 15) is 0 Å². The van der Waals surface area contributed by atoms with E-state index >= 15 is 0 Å². The fourth-order valence-electron chi connectivity index (χ4n) is 3.40. The molecule has 0 unspecified atom stereocenters. The van der Waals surface area contributed by atoms with Gasteiger partial charge in [-0.1, -0.05) is 0 Å². The molecular formula is C21H33NOSSn. The first-order chi connectivity index (χ1) is 12.2. The van der Waals surface area contributed by atoms with Crippen molar-refractivity contribution >= 4 is 32.7 Å². The van der Waals surface area contributed by atoms with Crippen molar-refractivity contribution in [2.75, 3.05) is 0 Å². The molecule has 1 aromatic carbocycles. The molecule has 25 heavy (non-hydrogen) atoms. The Labute approximate surface area is 161 Å². The monoisotopic (exact) mass is 467 g/mol. The fourth-order valence-corrected chi connectivity index (χ4v) is 22.6. The van der Waals surface area contributed by atoms with E-state index in [-0.39, 0.29) is 0 Å². The number of thiazole rings is 1. The molecule has 0 bridgehead atoms. The molecule has 0 saturated heterocycles. The second-order valence-electron chi connectivity index (χ2n) is 7.00. The number of benzene rings is 1. The van der Waals surface area contributed by atoms with E-state index in [1.54, 1.807) is 0 Å². The van der Waals surface area contributed by atoms with Crippen LogP contribution in [0.2, 0.25) is 13.3 Å². The maximum atomic E-state index is 6.00. The van der Waals surface area contributed by atoms with Crippen molar-refractivity contribution in [2.45, 2.75) is 72.6 Å². The van der Waals surface area contributed by atoms with E-state index in [4.69, 9.17) is 9.72 Å². The van der Waals surface area contributed by atoms with Crippen molar-refractivity contribution in [2.24, 2.45) is 0 Å². The van der Waals surface area contributed by atoms with Crippen LogP contribution in [-0.4, -0.2) is 23.4 Å². The Bertz CT molecular complexity index is 577. The van der Waals surface area contributed by atoms with Crippen LogP contribution in [0.5, 0.6) is 11.6 Å². The van der Waals surface area contributed by atoms with Gasteiger partial charge in [-0.2, -0.15) is 0 Å². The zero-order chi connectivity index (χ0) is 18.0. The Morgan fingerprint density at radius 3 is 1.96 bits per heavy atom. The molecule has 2 rings (SSSR count). The van der Waals surface area contributed by atoms with Gasteiger partial charge in [0.15, 0.2) is 0 Å². The minimum absolute atomic E-state index is 0.803. The first-order valence-electron chi connectivity index (χ1n) is 9.93. The number of ether oxygens (including phenoxy) is 1. The zero-order valence-electron chi connectivity index (χ0n) is 16.1. The molecule has 0 spiro atoms. The van der Waals surface area contributed by atoms with Crippen LogP contribution >= 0.6 is 11.3 Å². The summed E-state index contributed by atoms with van der Waals surface area (Å²) in [5, 5.41) is 2.14. The second kappa shape index (κ2) is 11.2. The summed E-state index contributed by atoms with van der Waals surface area (Å²) in [5.41, 5.74) is 0. The van der Waals surface area contributed by atoms with E-state index < -0.39 is 18.4 Å². The average Bonchev–Trinajstić information content (AvgIpc) is 3.11. The maximum absolute atomic E-state index is 6.00. The van der Waals surface area contributed by atoms with E-state index in [1.807, 2.05) is 41.7 Å². The van der Waals surface area contributed by atoms with Crippen LogP contribution in [0.4, 0.5) is 0 Å². The molecule has 4 heteroatoms. The zero-order valence-corrected chi connectivity index (χ0v) is 19.8. The third-order valence-corrected chi connectivity index (χ3v) is 23.6. The Morgan fingerprint density at radius 2 is 1.44 bits per heavy atom. The molecule has 0 aliphatic rings. The standard InChI is InChI=1S/C9H6NOS.3C4H9.Sn/c1-2-4-8(5-3-1)11-9-6-12-7-10-9;3*1-3-4-2;/h1-6H;3*1,3-4H2,2H3;. The van der Waals surface area contributed by atoms with Crippen molar-refractivity contribution < 1.29 is 4.74 Å². The SMILES string of the molecule is CCC[CH2][Sn]([CH2]CCC)([CH2]CCC)[c]1nc(Oc2ccccc2)cs1. The van der Waals surface area contributed by atoms with Crippen LogP contribution in [0, 0.1) is 0 Å². The molecule has 138 valence electrons. The first-order valence-corrected chi connectivity index (χ1v) is 18.3. The summed E-state index contributed by atoms with van der Waals surface area (Å²) in [6.07, 6.45) is 8.02. The van der Waals surface area contributed by atoms with Gasteiger partial charge in [0.2, 0.25) is 0 Å². The molecule has 1 heterocycles. The van der Waals surface area contributed by atoms with Crippen molar-refractivity contribution in [1.82, 2.24) is 4.98 Å². The van der Waals surface area contributed by atoms with Gasteiger partial charge in [-0.25, -0.2) is 0 Å². The van der Waals surface area contributed by atoms with Crippen molar-refractivity contribution in [3.8, 4) is 11.6 Å². The molecule has 1 aromatic heterocycles. The van der Waals surface area contributed by atoms with Gasteiger partial charge in [-0.05, 0) is 0 Å². The molecular weight excluding hydrogens is 433 g/mol. The number of hydrogen-bond acceptors (Lipinski definition) is 3. The number of nitrogens with zero attached hydrogens (tertiary/aromatic N) is 1. The summed E-state index contributed by atoms with van der Waals surface area (Å²) in [5.74, 6) is 1.69. The molecule has 0 amide bonds. The molecule has 0 atom stereocenters. The third-order valence-electron chi connectivity index (χ3n) is 4.93. The average molecular weight is 466 g/mol. The molecule has 0 N–H and O–H groups in total. The van der Waals surface area contributed by atoms with Crippen molar-refractivity contribution in [3.63, 3.8) is 0 Å². The Kier molecular flexibility index (Phi) is 9.32. The van der Waals surface area contributed by atoms with Gasteiger partial charge < -0.3 is 0 Å². The van der Waals surface area contributed by atoms with Gasteiger partial charge >= 0.3 is 162 Å². The van der Waals surface area contributed by atoms with Gasteiger partial charge in [-0.3, -0.25) is 0 Å². The predicted molar refractivity (Wildman–Crippen MR) is 113 cm³/mol. The first kappa shape index (κ1) is 20.8. The van der Waals surface area contributed by atoms with E-state index in [2.05, 4.69) is 26.2 Å². The van der Waals surface area contributed by atoms with Gasteiger partial charge in [0.25, 0.3) is 0 Å². The molecule has 2 nitrogen and oxygen atoms in total. The number of rotatable bonds is 12. The number of hydrogen-bond donors (Lipinski definition) is 0. The summed E-state index contributed by atoms with van der Waals surface area (Å²) in [4.78, 5) is 5.03. The molecule has 0 fully saturated rings. The summed E-state index contributed by atoms with van der Waals surface area (Å²) in [6.45, 7) is 6.96. The number of para-hydroxylation sites is 1. The van der Waals surface area contributed by atoms with Crippen LogP contribution < -0.4 is 7.76 Å². The summed E-state index contributed by atoms with van der Waals surface area (Å²) < 4.78 is 11.9. The van der Waals surface area contributed by atoms with Gasteiger partial charge in [0.05, 0.1) is 0 Å². The van der Waals surface area contributed by atoms with Crippen LogP contribution in [-0.2, 0) is 0 Å². The van der Waals surface area contributed by atoms with Crippen LogP contribution in [0.3, 0.4) is 0 Å². The van der Waals surface area contributed by atoms with Crippen LogP contribution in [0.1, 0.15) is 59.3 Å². The summed E-state index contributed by atoms with van der Waals surface area (Å²) >= 11 is -0.512. The minimum atomic E-state index is -2.40. The normalized spacial score (nSPS) is 11.6. The summed E-state index contributed by atoms with van der Waals surface area (Å²) in [7, 11) is 0. The number of unbranched alkanes of at least 4 members (excludes halogenated alkanes) is 3. The summed E-state index contributed by atoms with van der Waals surface area (Å²) in [6, 6.07) is 10.0. The van der Waals surface area contributed by atoms with Gasteiger partial charge in [-0.15, -0.1) is 0 Å². The van der Waals surface area contributed by atoms with Crippen LogP contribution in [0.25, 0.3) is 0 Å². The van der Waals surface area contributed by atoms with E-state index in [0.717, 1.165) is 11.6 Å². The fraction of sp³-hybridized carbons (Fsp3) is 0.571.